The summed E-state index contributed by atoms with van der Waals surface area (Å²) in [6.45, 7) is 21.6. The molecule has 0 radical (unpaired) electrons. The number of hydrogen-bond donors (Lipinski definition) is 7. The summed E-state index contributed by atoms with van der Waals surface area (Å²) < 4.78 is 35.4. The molecule has 240 valence electrons. The Hall–Kier alpha value is -0.560. The van der Waals surface area contributed by atoms with Crippen LogP contribution in [0, 0.1) is 0 Å². The van der Waals surface area contributed by atoms with E-state index in [9.17, 15) is 0 Å². The zero-order valence-electron chi connectivity index (χ0n) is 24.9. The molecule has 0 aromatic rings. The monoisotopic (exact) mass is 581 g/mol. The molecular formula is C26H59N7O7. The summed E-state index contributed by atoms with van der Waals surface area (Å²) in [6.07, 6.45) is 0.737. The van der Waals surface area contributed by atoms with Crippen LogP contribution in [0.3, 0.4) is 0 Å². The van der Waals surface area contributed by atoms with E-state index in [1.807, 2.05) is 6.92 Å². The van der Waals surface area contributed by atoms with Crippen LogP contribution < -0.4 is 38.1 Å². The Morgan fingerprint density at radius 1 is 0.550 bits per heavy atom. The van der Waals surface area contributed by atoms with Crippen LogP contribution in [0.15, 0.2) is 0 Å². The summed E-state index contributed by atoms with van der Waals surface area (Å²) in [4.78, 5) is 0. The van der Waals surface area contributed by atoms with Gasteiger partial charge in [-0.1, -0.05) is 6.92 Å². The second-order valence-corrected chi connectivity index (χ2v) is 9.38. The number of morpholine rings is 5. The van der Waals surface area contributed by atoms with Gasteiger partial charge in [0.15, 0.2) is 0 Å². The Balaban J connectivity index is 0.000000242. The third-order valence-electron chi connectivity index (χ3n) is 5.90. The lowest BCUT2D eigenvalue weighted by atomic mass is 10.2. The van der Waals surface area contributed by atoms with Crippen LogP contribution in [0.2, 0.25) is 0 Å². The van der Waals surface area contributed by atoms with Crippen LogP contribution in [0.4, 0.5) is 0 Å². The van der Waals surface area contributed by atoms with Crippen LogP contribution in [0.25, 0.3) is 0 Å². The average Bonchev–Trinajstić information content (AvgIpc) is 3.07. The minimum Gasteiger partial charge on any atom is -0.379 e. The topological polar surface area (TPSA) is 177 Å². The molecule has 6 heterocycles. The van der Waals surface area contributed by atoms with Crippen LogP contribution in [0.5, 0.6) is 0 Å². The molecule has 0 bridgehead atoms. The van der Waals surface area contributed by atoms with Crippen LogP contribution in [-0.4, -0.2) is 157 Å². The molecule has 0 aromatic carbocycles. The van der Waals surface area contributed by atoms with Gasteiger partial charge in [-0.25, -0.2) is 0 Å². The third kappa shape index (κ3) is 25.2. The van der Waals surface area contributed by atoms with Crippen molar-refractivity contribution in [3.05, 3.63) is 0 Å². The van der Waals surface area contributed by atoms with Crippen LogP contribution >= 0.6 is 0 Å². The predicted octanol–water partition coefficient (Wildman–Crippen LogP) is -2.59. The van der Waals surface area contributed by atoms with Crippen molar-refractivity contribution in [3.63, 3.8) is 0 Å². The molecule has 0 spiro atoms. The van der Waals surface area contributed by atoms with Gasteiger partial charge >= 0.3 is 0 Å². The van der Waals surface area contributed by atoms with Gasteiger partial charge < -0.3 is 71.2 Å². The molecule has 14 nitrogen and oxygen atoms in total. The van der Waals surface area contributed by atoms with Crippen molar-refractivity contribution < 1.29 is 33.2 Å². The lowest BCUT2D eigenvalue weighted by Crippen LogP contribution is -2.50. The maximum Gasteiger partial charge on any atom is 0.140 e. The first kappa shape index (κ1) is 37.5. The smallest absolute Gasteiger partial charge is 0.140 e. The highest BCUT2D eigenvalue weighted by atomic mass is 16.6. The van der Waals surface area contributed by atoms with Gasteiger partial charge in [-0.3, -0.25) is 0 Å². The standard InChI is InChI=1S/C6H13NO2.C4H10N2O.4C4H9NO/c1-2-6(7)5-8-3-4-9-6;5-4-3-6-1-2-7-4;4*1-3-6-4-2-5-1/h2-5,7H2,1H3;4,6H,1-3,5H2;4*5H,1-4H2. The first-order valence-corrected chi connectivity index (χ1v) is 14.9. The van der Waals surface area contributed by atoms with Crippen molar-refractivity contribution in [2.24, 2.45) is 11.5 Å². The average molecular weight is 582 g/mol. The molecule has 2 atom stereocenters. The van der Waals surface area contributed by atoms with Crippen molar-refractivity contribution >= 4 is 0 Å². The Kier molecular flexibility index (Phi) is 26.7. The zero-order valence-corrected chi connectivity index (χ0v) is 24.9. The second kappa shape index (κ2) is 28.6. The van der Waals surface area contributed by atoms with Gasteiger partial charge in [0.05, 0.1) is 79.3 Å². The highest BCUT2D eigenvalue weighted by molar-refractivity contribution is 4.72. The summed E-state index contributed by atoms with van der Waals surface area (Å²) >= 11 is 0. The summed E-state index contributed by atoms with van der Waals surface area (Å²) in [5.41, 5.74) is 10.6. The van der Waals surface area contributed by atoms with E-state index in [-0.39, 0.29) is 6.23 Å². The quantitative estimate of drug-likeness (QED) is 0.172. The van der Waals surface area contributed by atoms with Gasteiger partial charge in [0.1, 0.15) is 12.0 Å². The highest BCUT2D eigenvalue weighted by Crippen LogP contribution is 2.12. The van der Waals surface area contributed by atoms with E-state index in [0.717, 1.165) is 131 Å². The second-order valence-electron chi connectivity index (χ2n) is 9.38. The molecule has 6 fully saturated rings. The van der Waals surface area contributed by atoms with Crippen molar-refractivity contribution in [2.45, 2.75) is 25.3 Å². The fourth-order valence-electron chi connectivity index (χ4n) is 3.44. The van der Waals surface area contributed by atoms with Gasteiger partial charge in [-0.2, -0.15) is 0 Å². The number of nitrogens with two attached hydrogens (primary N) is 2. The molecule has 0 amide bonds. The minimum absolute atomic E-state index is 0.0752. The Morgan fingerprint density at radius 2 is 0.950 bits per heavy atom. The van der Waals surface area contributed by atoms with Gasteiger partial charge in [0.2, 0.25) is 0 Å². The fourth-order valence-corrected chi connectivity index (χ4v) is 3.44. The normalized spacial score (nSPS) is 28.4. The van der Waals surface area contributed by atoms with Gasteiger partial charge in [0.25, 0.3) is 0 Å². The van der Waals surface area contributed by atoms with E-state index in [4.69, 9.17) is 44.6 Å². The number of hydrogen-bond acceptors (Lipinski definition) is 14. The van der Waals surface area contributed by atoms with Gasteiger partial charge in [-0.05, 0) is 6.42 Å². The number of ether oxygens (including phenoxy) is 7. The molecule has 6 saturated heterocycles. The molecular weight excluding hydrogens is 522 g/mol. The van der Waals surface area contributed by atoms with Crippen molar-refractivity contribution in [1.29, 1.82) is 0 Å². The first-order chi connectivity index (χ1) is 19.7. The highest BCUT2D eigenvalue weighted by Gasteiger charge is 2.26. The zero-order chi connectivity index (χ0) is 28.8. The lowest BCUT2D eigenvalue weighted by Gasteiger charge is -2.32. The Morgan fingerprint density at radius 3 is 1.10 bits per heavy atom. The number of nitrogens with one attached hydrogen (secondary N) is 5. The summed E-state index contributed by atoms with van der Waals surface area (Å²) in [6, 6.07) is 0. The molecule has 6 rings (SSSR count). The van der Waals surface area contributed by atoms with Gasteiger partial charge in [0, 0.05) is 65.4 Å². The number of rotatable bonds is 1. The molecule has 0 aliphatic carbocycles. The van der Waals surface area contributed by atoms with E-state index in [2.05, 4.69) is 26.6 Å². The molecule has 6 aliphatic rings. The predicted molar refractivity (Wildman–Crippen MR) is 156 cm³/mol. The summed E-state index contributed by atoms with van der Waals surface area (Å²) in [5, 5.41) is 15.7. The third-order valence-corrected chi connectivity index (χ3v) is 5.90. The van der Waals surface area contributed by atoms with Crippen molar-refractivity contribution in [2.75, 3.05) is 145 Å². The van der Waals surface area contributed by atoms with E-state index in [0.29, 0.717) is 19.8 Å². The van der Waals surface area contributed by atoms with E-state index >= 15 is 0 Å². The first-order valence-electron chi connectivity index (χ1n) is 14.9. The molecule has 0 aromatic heterocycles. The molecule has 40 heavy (non-hydrogen) atoms. The van der Waals surface area contributed by atoms with E-state index in [1.165, 1.54) is 0 Å². The molecule has 9 N–H and O–H groups in total. The van der Waals surface area contributed by atoms with Crippen LogP contribution in [-0.2, 0) is 33.2 Å². The maximum atomic E-state index is 5.71. The van der Waals surface area contributed by atoms with Crippen LogP contribution in [0.1, 0.15) is 13.3 Å². The lowest BCUT2D eigenvalue weighted by molar-refractivity contribution is -0.155. The van der Waals surface area contributed by atoms with Crippen molar-refractivity contribution in [1.82, 2.24) is 26.6 Å². The summed E-state index contributed by atoms with van der Waals surface area (Å²) in [5.74, 6) is 0. The minimum atomic E-state index is -0.502. The Labute approximate surface area is 241 Å². The SMILES string of the molecule is C1COCCN1.C1COCCN1.C1COCCN1.C1COCCN1.CCC1(N)COCCO1.NC1CNCCO1. The molecule has 6 aliphatic heterocycles. The Bertz CT molecular complexity index is 408. The molecule has 14 heteroatoms. The van der Waals surface area contributed by atoms with Gasteiger partial charge in [-0.15, -0.1) is 0 Å². The summed E-state index contributed by atoms with van der Waals surface area (Å²) in [7, 11) is 0. The van der Waals surface area contributed by atoms with Crippen molar-refractivity contribution in [3.8, 4) is 0 Å². The molecule has 2 unspecified atom stereocenters. The molecule has 0 saturated carbocycles. The van der Waals surface area contributed by atoms with E-state index in [1.54, 1.807) is 0 Å². The maximum absolute atomic E-state index is 5.71. The largest absolute Gasteiger partial charge is 0.379 e. The fraction of sp³-hybridized carbons (Fsp3) is 1.00. The van der Waals surface area contributed by atoms with E-state index < -0.39 is 5.72 Å².